The number of hydrogen-bond donors (Lipinski definition) is 1. The second kappa shape index (κ2) is 12.1. The molecule has 0 aliphatic rings. The summed E-state index contributed by atoms with van der Waals surface area (Å²) in [6.07, 6.45) is -0.596. The van der Waals surface area contributed by atoms with E-state index in [1.807, 2.05) is 89.6 Å². The van der Waals surface area contributed by atoms with Crippen LogP contribution in [0.2, 0.25) is 0 Å². The predicted octanol–water partition coefficient (Wildman–Crippen LogP) is 6.74. The van der Waals surface area contributed by atoms with Gasteiger partial charge in [-0.05, 0) is 61.7 Å². The highest BCUT2D eigenvalue weighted by Crippen LogP contribution is 2.35. The molecule has 4 rings (SSSR count). The largest absolute Gasteiger partial charge is 0.497 e. The zero-order chi connectivity index (χ0) is 26.4. The zero-order valence-corrected chi connectivity index (χ0v) is 22.3. The number of methoxy groups -OCH3 is 1. The van der Waals surface area contributed by atoms with E-state index in [0.29, 0.717) is 19.0 Å². The number of hydrogen-bond acceptors (Lipinski definition) is 5. The van der Waals surface area contributed by atoms with Crippen molar-refractivity contribution in [2.75, 3.05) is 13.7 Å². The van der Waals surface area contributed by atoms with Crippen molar-refractivity contribution in [3.63, 3.8) is 0 Å². The van der Waals surface area contributed by atoms with Crippen LogP contribution in [0.1, 0.15) is 56.5 Å². The van der Waals surface area contributed by atoms with Gasteiger partial charge in [0.05, 0.1) is 30.2 Å². The van der Waals surface area contributed by atoms with Crippen LogP contribution in [0.5, 0.6) is 17.4 Å². The van der Waals surface area contributed by atoms with Crippen LogP contribution >= 0.6 is 0 Å². The molecule has 1 aromatic heterocycles. The average molecular weight is 500 g/mol. The molecule has 0 aliphatic heterocycles. The Balaban J connectivity index is 1.77. The normalized spacial score (nSPS) is 12.4. The molecule has 1 N–H and O–H groups in total. The van der Waals surface area contributed by atoms with Crippen molar-refractivity contribution in [3.05, 3.63) is 102 Å². The summed E-state index contributed by atoms with van der Waals surface area (Å²) in [5, 5.41) is 16.1. The van der Waals surface area contributed by atoms with Gasteiger partial charge >= 0.3 is 0 Å². The Hall–Kier alpha value is -3.61. The monoisotopic (exact) mass is 499 g/mol. The molecule has 0 saturated heterocycles. The Morgan fingerprint density at radius 3 is 2.03 bits per heavy atom. The van der Waals surface area contributed by atoms with E-state index in [0.717, 1.165) is 34.0 Å². The number of aromatic nitrogens is 2. The number of benzene rings is 3. The third-order valence-electron chi connectivity index (χ3n) is 6.47. The van der Waals surface area contributed by atoms with Gasteiger partial charge in [-0.25, -0.2) is 4.68 Å². The van der Waals surface area contributed by atoms with Crippen LogP contribution in [0.25, 0.3) is 5.69 Å². The molecule has 6 heteroatoms. The van der Waals surface area contributed by atoms with Crippen LogP contribution in [0.3, 0.4) is 0 Å². The van der Waals surface area contributed by atoms with Crippen LogP contribution < -0.4 is 9.47 Å². The molecule has 3 aromatic carbocycles. The van der Waals surface area contributed by atoms with E-state index >= 15 is 0 Å². The Kier molecular flexibility index (Phi) is 8.64. The first-order chi connectivity index (χ1) is 17.9. The van der Waals surface area contributed by atoms with Gasteiger partial charge in [0.15, 0.2) is 0 Å². The maximum atomic E-state index is 11.0. The molecule has 0 bridgehead atoms. The van der Waals surface area contributed by atoms with Gasteiger partial charge < -0.3 is 14.6 Å². The first-order valence-electron chi connectivity index (χ1n) is 12.8. The summed E-state index contributed by atoms with van der Waals surface area (Å²) in [6, 6.07) is 27.6. The smallest absolute Gasteiger partial charge is 0.227 e. The molecule has 0 radical (unpaired) electrons. The fraction of sp³-hybridized carbons (Fsp3) is 0.323. The van der Waals surface area contributed by atoms with Crippen LogP contribution in [-0.4, -0.2) is 39.5 Å². The standard InChI is InChI=1S/C31H37N3O3/c1-22(2)30-28(20-33(23(3)4)21-29(35)24-12-8-6-9-13-24)31(37-27-14-10-7-11-15-27)34(32-30)25-16-18-26(36-5)19-17-25/h6-19,22-23,29,35H,20-21H2,1-5H3/t29-/m0/s1. The topological polar surface area (TPSA) is 59.8 Å². The van der Waals surface area contributed by atoms with E-state index in [-0.39, 0.29) is 12.0 Å². The molecule has 194 valence electrons. The minimum atomic E-state index is -0.596. The first-order valence-corrected chi connectivity index (χ1v) is 12.8. The highest BCUT2D eigenvalue weighted by atomic mass is 16.5. The van der Waals surface area contributed by atoms with Gasteiger partial charge in [-0.3, -0.25) is 4.90 Å². The highest BCUT2D eigenvalue weighted by Gasteiger charge is 2.27. The SMILES string of the molecule is COc1ccc(-n2nc(C(C)C)c(CN(C[C@H](O)c3ccccc3)C(C)C)c2Oc2ccccc2)cc1. The van der Waals surface area contributed by atoms with Crippen molar-refractivity contribution in [1.29, 1.82) is 0 Å². The molecular weight excluding hydrogens is 462 g/mol. The van der Waals surface area contributed by atoms with Crippen LogP contribution in [-0.2, 0) is 6.54 Å². The van der Waals surface area contributed by atoms with E-state index in [1.165, 1.54) is 0 Å². The van der Waals surface area contributed by atoms with Crippen molar-refractivity contribution >= 4 is 0 Å². The van der Waals surface area contributed by atoms with Crippen molar-refractivity contribution in [2.45, 2.75) is 52.3 Å². The van der Waals surface area contributed by atoms with Gasteiger partial charge in [-0.2, -0.15) is 5.10 Å². The molecule has 1 atom stereocenters. The summed E-state index contributed by atoms with van der Waals surface area (Å²) in [6.45, 7) is 9.69. The van der Waals surface area contributed by atoms with Crippen LogP contribution in [0.15, 0.2) is 84.9 Å². The molecule has 6 nitrogen and oxygen atoms in total. The van der Waals surface area contributed by atoms with Gasteiger partial charge in [0.2, 0.25) is 5.88 Å². The summed E-state index contributed by atoms with van der Waals surface area (Å²) in [5.41, 5.74) is 3.79. The summed E-state index contributed by atoms with van der Waals surface area (Å²) >= 11 is 0. The lowest BCUT2D eigenvalue weighted by Gasteiger charge is -2.29. The van der Waals surface area contributed by atoms with Gasteiger partial charge in [0.25, 0.3) is 0 Å². The molecule has 1 heterocycles. The fourth-order valence-electron chi connectivity index (χ4n) is 4.33. The summed E-state index contributed by atoms with van der Waals surface area (Å²) in [4.78, 5) is 2.27. The molecule has 0 spiro atoms. The lowest BCUT2D eigenvalue weighted by Crippen LogP contribution is -2.34. The number of aliphatic hydroxyl groups excluding tert-OH is 1. The average Bonchev–Trinajstić information content (AvgIpc) is 3.27. The summed E-state index contributed by atoms with van der Waals surface area (Å²) in [5.74, 6) is 2.39. The maximum Gasteiger partial charge on any atom is 0.227 e. The second-order valence-corrected chi connectivity index (χ2v) is 9.80. The molecule has 0 fully saturated rings. The lowest BCUT2D eigenvalue weighted by molar-refractivity contribution is 0.0901. The van der Waals surface area contributed by atoms with E-state index in [9.17, 15) is 5.11 Å². The van der Waals surface area contributed by atoms with Crippen molar-refractivity contribution in [3.8, 4) is 23.1 Å². The minimum Gasteiger partial charge on any atom is -0.497 e. The third kappa shape index (κ3) is 6.40. The van der Waals surface area contributed by atoms with Crippen molar-refractivity contribution in [2.24, 2.45) is 0 Å². The fourth-order valence-corrected chi connectivity index (χ4v) is 4.33. The van der Waals surface area contributed by atoms with Gasteiger partial charge in [0, 0.05) is 19.1 Å². The van der Waals surface area contributed by atoms with Gasteiger partial charge in [0.1, 0.15) is 11.5 Å². The zero-order valence-electron chi connectivity index (χ0n) is 22.3. The molecule has 0 amide bonds. The predicted molar refractivity (Wildman–Crippen MR) is 148 cm³/mol. The van der Waals surface area contributed by atoms with E-state index < -0.39 is 6.10 Å². The Labute approximate surface area is 220 Å². The molecular formula is C31H37N3O3. The Morgan fingerprint density at radius 2 is 1.46 bits per heavy atom. The Bertz CT molecular complexity index is 1250. The molecule has 4 aromatic rings. The van der Waals surface area contributed by atoms with E-state index in [2.05, 4.69) is 32.6 Å². The molecule has 37 heavy (non-hydrogen) atoms. The van der Waals surface area contributed by atoms with E-state index in [4.69, 9.17) is 14.6 Å². The molecule has 0 unspecified atom stereocenters. The quantitative estimate of drug-likeness (QED) is 0.248. The number of nitrogens with zero attached hydrogens (tertiary/aromatic N) is 3. The third-order valence-corrected chi connectivity index (χ3v) is 6.47. The number of rotatable bonds is 11. The number of ether oxygens (including phenoxy) is 2. The molecule has 0 aliphatic carbocycles. The second-order valence-electron chi connectivity index (χ2n) is 9.80. The summed E-state index contributed by atoms with van der Waals surface area (Å²) in [7, 11) is 1.66. The van der Waals surface area contributed by atoms with Gasteiger partial charge in [-0.1, -0.05) is 62.4 Å². The van der Waals surface area contributed by atoms with Crippen LogP contribution in [0.4, 0.5) is 0 Å². The first kappa shape index (κ1) is 26.5. The minimum absolute atomic E-state index is 0.181. The summed E-state index contributed by atoms with van der Waals surface area (Å²) < 4.78 is 13.8. The van der Waals surface area contributed by atoms with Crippen molar-refractivity contribution < 1.29 is 14.6 Å². The number of aliphatic hydroxyl groups is 1. The van der Waals surface area contributed by atoms with Crippen LogP contribution in [0, 0.1) is 0 Å². The van der Waals surface area contributed by atoms with Crippen molar-refractivity contribution in [1.82, 2.24) is 14.7 Å². The van der Waals surface area contributed by atoms with E-state index in [1.54, 1.807) is 7.11 Å². The Morgan fingerprint density at radius 1 is 0.838 bits per heavy atom. The highest BCUT2D eigenvalue weighted by molar-refractivity contribution is 5.46. The van der Waals surface area contributed by atoms with Gasteiger partial charge in [-0.15, -0.1) is 0 Å². The number of para-hydroxylation sites is 1. The lowest BCUT2D eigenvalue weighted by atomic mass is 10.0. The molecule has 0 saturated carbocycles. The maximum absolute atomic E-state index is 11.0.